The van der Waals surface area contributed by atoms with Gasteiger partial charge in [0.25, 0.3) is 5.56 Å². The molecule has 1 aromatic carbocycles. The maximum atomic E-state index is 13.5. The summed E-state index contributed by atoms with van der Waals surface area (Å²) in [5, 5.41) is 15.6. The molecule has 2 aromatic heterocycles. The van der Waals surface area contributed by atoms with E-state index in [1.807, 2.05) is 51.1 Å². The number of carbonyl (C=O) groups is 2. The molecule has 0 bridgehead atoms. The van der Waals surface area contributed by atoms with Crippen molar-refractivity contribution in [2.45, 2.75) is 46.6 Å². The average Bonchev–Trinajstić information content (AvgIpc) is 3.59. The third-order valence-electron chi connectivity index (χ3n) is 6.62. The summed E-state index contributed by atoms with van der Waals surface area (Å²) in [7, 11) is 0. The van der Waals surface area contributed by atoms with Crippen LogP contribution >= 0.6 is 0 Å². The summed E-state index contributed by atoms with van der Waals surface area (Å²) in [6, 6.07) is 12.7. The van der Waals surface area contributed by atoms with Crippen LogP contribution in [-0.2, 0) is 22.6 Å². The number of carboxylic acids is 1. The second-order valence-electron chi connectivity index (χ2n) is 10.4. The summed E-state index contributed by atoms with van der Waals surface area (Å²) >= 11 is 0. The van der Waals surface area contributed by atoms with Gasteiger partial charge in [-0.15, -0.1) is 0 Å². The van der Waals surface area contributed by atoms with E-state index in [1.54, 1.807) is 11.0 Å². The number of carboxylic acid groups (broad SMARTS) is 1. The van der Waals surface area contributed by atoms with E-state index in [4.69, 9.17) is 4.42 Å². The minimum absolute atomic E-state index is 0.0573. The molecule has 2 aliphatic rings. The number of carbonyl (C=O) groups excluding carboxylic acids is 1. The molecule has 0 spiro atoms. The zero-order chi connectivity index (χ0) is 25.9. The largest absolute Gasteiger partial charge is 0.481 e. The average molecular weight is 493 g/mol. The van der Waals surface area contributed by atoms with Crippen molar-refractivity contribution in [3.05, 3.63) is 70.5 Å². The Hall–Kier alpha value is -3.75. The molecule has 36 heavy (non-hydrogen) atoms. The summed E-state index contributed by atoms with van der Waals surface area (Å²) in [4.78, 5) is 42.1. The number of aromatic amines is 1. The van der Waals surface area contributed by atoms with Gasteiger partial charge in [-0.05, 0) is 42.4 Å². The van der Waals surface area contributed by atoms with Crippen molar-refractivity contribution >= 4 is 11.9 Å². The van der Waals surface area contributed by atoms with Crippen molar-refractivity contribution < 1.29 is 19.1 Å². The van der Waals surface area contributed by atoms with Gasteiger partial charge in [0.2, 0.25) is 11.8 Å². The molecule has 2 N–H and O–H groups in total. The fraction of sp³-hybridized carbons (Fsp3) is 0.444. The normalized spacial score (nSPS) is 16.8. The van der Waals surface area contributed by atoms with Gasteiger partial charge in [0.05, 0.1) is 24.1 Å². The van der Waals surface area contributed by atoms with Gasteiger partial charge in [0, 0.05) is 30.8 Å². The van der Waals surface area contributed by atoms with Crippen LogP contribution in [0, 0.1) is 23.2 Å². The molecule has 0 saturated heterocycles. The lowest BCUT2D eigenvalue weighted by Gasteiger charge is -2.37. The van der Waals surface area contributed by atoms with Crippen LogP contribution in [0.15, 0.2) is 57.9 Å². The summed E-state index contributed by atoms with van der Waals surface area (Å²) < 4.78 is 5.98. The van der Waals surface area contributed by atoms with Crippen LogP contribution in [0.25, 0.3) is 11.5 Å². The van der Waals surface area contributed by atoms with Crippen LogP contribution in [0.2, 0.25) is 0 Å². The lowest BCUT2D eigenvalue weighted by molar-refractivity contribution is -0.157. The fourth-order valence-corrected chi connectivity index (χ4v) is 4.74. The predicted molar refractivity (Wildman–Crippen MR) is 133 cm³/mol. The highest BCUT2D eigenvalue weighted by molar-refractivity contribution is 5.86. The van der Waals surface area contributed by atoms with E-state index in [0.29, 0.717) is 31.2 Å². The molecule has 1 saturated carbocycles. The van der Waals surface area contributed by atoms with Crippen LogP contribution in [0.3, 0.4) is 0 Å². The summed E-state index contributed by atoms with van der Waals surface area (Å²) in [5.41, 5.74) is 1.15. The maximum Gasteiger partial charge on any atom is 0.307 e. The highest BCUT2D eigenvalue weighted by atomic mass is 16.4. The molecule has 3 aromatic rings. The Kier molecular flexibility index (Phi) is 7.37. The molecule has 1 aliphatic heterocycles. The number of hydrogen-bond donors (Lipinski definition) is 2. The topological polar surface area (TPSA) is 129 Å². The van der Waals surface area contributed by atoms with Gasteiger partial charge in [-0.25, -0.2) is 10.1 Å². The smallest absolute Gasteiger partial charge is 0.307 e. The van der Waals surface area contributed by atoms with Crippen molar-refractivity contribution in [3.8, 4) is 11.5 Å². The minimum Gasteiger partial charge on any atom is -0.481 e. The molecular formula is C27H32N4O5. The molecule has 2 atom stereocenters. The van der Waals surface area contributed by atoms with E-state index in [0.717, 1.165) is 24.1 Å². The molecule has 5 rings (SSSR count). The third-order valence-corrected chi connectivity index (χ3v) is 6.62. The third kappa shape index (κ3) is 5.90. The molecular weight excluding hydrogens is 460 g/mol. The monoisotopic (exact) mass is 492 g/mol. The number of amides is 1. The highest BCUT2D eigenvalue weighted by Gasteiger charge is 2.50. The Morgan fingerprint density at radius 2 is 1.86 bits per heavy atom. The minimum atomic E-state index is -0.883. The first-order valence-corrected chi connectivity index (χ1v) is 12.2. The number of H-pyrrole nitrogens is 1. The number of rotatable bonds is 5. The molecule has 0 radical (unpaired) electrons. The quantitative estimate of drug-likeness (QED) is 0.555. The van der Waals surface area contributed by atoms with E-state index >= 15 is 0 Å². The first-order chi connectivity index (χ1) is 17.1. The van der Waals surface area contributed by atoms with E-state index < -0.39 is 23.2 Å². The van der Waals surface area contributed by atoms with E-state index in [2.05, 4.69) is 15.2 Å². The van der Waals surface area contributed by atoms with Gasteiger partial charge in [0.1, 0.15) is 5.76 Å². The Labute approximate surface area is 209 Å². The first-order valence-electron chi connectivity index (χ1n) is 12.2. The Morgan fingerprint density at radius 1 is 1.14 bits per heavy atom. The summed E-state index contributed by atoms with van der Waals surface area (Å²) in [6.07, 6.45) is 4.00. The fourth-order valence-electron chi connectivity index (χ4n) is 4.74. The Morgan fingerprint density at radius 3 is 2.39 bits per heavy atom. The molecule has 3 heterocycles. The molecule has 1 aliphatic carbocycles. The molecule has 9 nitrogen and oxygen atoms in total. The van der Waals surface area contributed by atoms with Crippen molar-refractivity contribution in [1.29, 1.82) is 0 Å². The Bertz CT molecular complexity index is 1240. The van der Waals surface area contributed by atoms with Crippen LogP contribution in [0.4, 0.5) is 0 Å². The van der Waals surface area contributed by atoms with Crippen LogP contribution in [0.1, 0.15) is 45.1 Å². The van der Waals surface area contributed by atoms with Crippen molar-refractivity contribution in [2.24, 2.45) is 23.2 Å². The lowest BCUT2D eigenvalue weighted by Crippen LogP contribution is -2.47. The molecule has 1 fully saturated rings. The van der Waals surface area contributed by atoms with E-state index in [1.165, 1.54) is 12.3 Å². The van der Waals surface area contributed by atoms with Gasteiger partial charge in [-0.2, -0.15) is 5.10 Å². The molecule has 9 heteroatoms. The number of oxazole rings is 1. The van der Waals surface area contributed by atoms with Gasteiger partial charge in [-0.3, -0.25) is 14.4 Å². The molecule has 2 unspecified atom stereocenters. The number of aliphatic carboxylic acids is 1. The highest BCUT2D eigenvalue weighted by Crippen LogP contribution is 2.47. The van der Waals surface area contributed by atoms with Crippen molar-refractivity contribution in [3.63, 3.8) is 0 Å². The predicted octanol–water partition coefficient (Wildman–Crippen LogP) is 3.77. The Balaban J connectivity index is 0.000000375. The number of hydrogen-bond acceptors (Lipinski definition) is 6. The van der Waals surface area contributed by atoms with Gasteiger partial charge >= 0.3 is 5.97 Å². The maximum absolute atomic E-state index is 13.5. The van der Waals surface area contributed by atoms with Crippen LogP contribution in [-0.4, -0.2) is 43.6 Å². The SMILES string of the molecule is CC(C)(C)C(C(=O)O)C(C(=O)N1CCc2nc(-c3ccccc3)oc2C1)C1CC1.O=c1cccn[nH]1. The number of aromatic nitrogens is 3. The van der Waals surface area contributed by atoms with E-state index in [9.17, 15) is 19.5 Å². The van der Waals surface area contributed by atoms with Gasteiger partial charge in [0.15, 0.2) is 0 Å². The van der Waals surface area contributed by atoms with Crippen LogP contribution in [0.5, 0.6) is 0 Å². The number of benzene rings is 1. The van der Waals surface area contributed by atoms with Crippen LogP contribution < -0.4 is 5.56 Å². The first kappa shape index (κ1) is 25.3. The zero-order valence-electron chi connectivity index (χ0n) is 20.8. The molecule has 1 amide bonds. The van der Waals surface area contributed by atoms with Gasteiger partial charge in [-0.1, -0.05) is 39.0 Å². The van der Waals surface area contributed by atoms with Crippen molar-refractivity contribution in [1.82, 2.24) is 20.1 Å². The van der Waals surface area contributed by atoms with E-state index in [-0.39, 0.29) is 17.4 Å². The van der Waals surface area contributed by atoms with Crippen molar-refractivity contribution in [2.75, 3.05) is 6.54 Å². The second kappa shape index (κ2) is 10.5. The summed E-state index contributed by atoms with van der Waals surface area (Å²) in [5.74, 6) is -0.671. The zero-order valence-corrected chi connectivity index (χ0v) is 20.8. The summed E-state index contributed by atoms with van der Waals surface area (Å²) in [6.45, 7) is 6.63. The standard InChI is InChI=1S/C23H28N2O4.C4H4N2O/c1-23(2,3)19(22(27)28)18(14-9-10-14)21(26)25-12-11-16-17(13-25)29-20(24-16)15-7-5-4-6-8-15;7-4-2-1-3-5-6-4/h4-8,14,18-19H,9-13H2,1-3H3,(H,27,28);1-3H,(H,6,7). The molecule has 190 valence electrons. The number of nitrogens with zero attached hydrogens (tertiary/aromatic N) is 3. The van der Waals surface area contributed by atoms with Gasteiger partial charge < -0.3 is 14.4 Å². The number of nitrogens with one attached hydrogen (secondary N) is 1. The number of fused-ring (bicyclic) bond motifs is 1. The second-order valence-corrected chi connectivity index (χ2v) is 10.4. The lowest BCUT2D eigenvalue weighted by atomic mass is 9.70.